The van der Waals surface area contributed by atoms with E-state index in [1.165, 1.54) is 30.3 Å². The largest absolute Gasteiger partial charge is 0.478 e. The van der Waals surface area contributed by atoms with Crippen molar-refractivity contribution < 1.29 is 24.2 Å². The number of hydrogen-bond donors (Lipinski definition) is 1. The lowest BCUT2D eigenvalue weighted by Gasteiger charge is -2.04. The van der Waals surface area contributed by atoms with Crippen molar-refractivity contribution in [3.63, 3.8) is 0 Å². The van der Waals surface area contributed by atoms with E-state index in [1.807, 2.05) is 0 Å². The van der Waals surface area contributed by atoms with Crippen LogP contribution in [0.4, 0.5) is 0 Å². The van der Waals surface area contributed by atoms with Gasteiger partial charge < -0.3 is 9.84 Å². The van der Waals surface area contributed by atoms with Gasteiger partial charge in [0.2, 0.25) is 0 Å². The molecule has 17 heavy (non-hydrogen) atoms. The molecule has 1 aromatic carbocycles. The molecule has 0 saturated carbocycles. The topological polar surface area (TPSA) is 80.7 Å². The summed E-state index contributed by atoms with van der Waals surface area (Å²) in [6, 6.07) is 5.51. The first kappa shape index (κ1) is 12.6. The number of carboxylic acid groups (broad SMARTS) is 1. The summed E-state index contributed by atoms with van der Waals surface area (Å²) >= 11 is 0. The summed E-state index contributed by atoms with van der Waals surface area (Å²) in [4.78, 5) is 33.4. The van der Waals surface area contributed by atoms with Crippen LogP contribution >= 0.6 is 0 Å². The van der Waals surface area contributed by atoms with E-state index in [2.05, 4.69) is 11.3 Å². The van der Waals surface area contributed by atoms with Crippen LogP contribution in [0.3, 0.4) is 0 Å². The lowest BCUT2D eigenvalue weighted by atomic mass is 10.1. The standard InChI is InChI=1S/C12H10O5/c1-2-5-10(13)17-12(16)9-7-4-3-6-8(9)11(14)15/h2-4,6-7H,1,5H2,(H,14,15). The Kier molecular flexibility index (Phi) is 4.16. The van der Waals surface area contributed by atoms with Crippen molar-refractivity contribution in [2.75, 3.05) is 0 Å². The van der Waals surface area contributed by atoms with Crippen molar-refractivity contribution >= 4 is 17.9 Å². The number of esters is 2. The Morgan fingerprint density at radius 1 is 1.24 bits per heavy atom. The van der Waals surface area contributed by atoms with E-state index in [4.69, 9.17) is 5.11 Å². The Balaban J connectivity index is 2.92. The molecule has 0 saturated heterocycles. The van der Waals surface area contributed by atoms with Crippen LogP contribution in [0.25, 0.3) is 0 Å². The first-order valence-corrected chi connectivity index (χ1v) is 4.74. The van der Waals surface area contributed by atoms with Gasteiger partial charge in [-0.15, -0.1) is 6.58 Å². The first-order chi connectivity index (χ1) is 8.06. The number of carboxylic acids is 1. The molecule has 1 rings (SSSR count). The van der Waals surface area contributed by atoms with Crippen molar-refractivity contribution in [3.8, 4) is 0 Å². The third-order valence-corrected chi connectivity index (χ3v) is 1.89. The predicted octanol–water partition coefficient (Wildman–Crippen LogP) is 1.64. The molecule has 5 heteroatoms. The summed E-state index contributed by atoms with van der Waals surface area (Å²) in [6.45, 7) is 3.32. The number of rotatable bonds is 4. The number of ether oxygens (including phenoxy) is 1. The van der Waals surface area contributed by atoms with E-state index in [1.54, 1.807) is 0 Å². The molecule has 0 radical (unpaired) electrons. The summed E-state index contributed by atoms with van der Waals surface area (Å²) in [7, 11) is 0. The molecule has 0 bridgehead atoms. The second kappa shape index (κ2) is 5.60. The fourth-order valence-corrected chi connectivity index (χ4v) is 1.17. The monoisotopic (exact) mass is 234 g/mol. The second-order valence-electron chi connectivity index (χ2n) is 3.11. The van der Waals surface area contributed by atoms with Gasteiger partial charge in [0, 0.05) is 0 Å². The molecule has 0 aromatic heterocycles. The molecule has 0 heterocycles. The molecule has 1 aromatic rings. The molecule has 0 aliphatic rings. The van der Waals surface area contributed by atoms with Crippen molar-refractivity contribution in [1.29, 1.82) is 0 Å². The normalized spacial score (nSPS) is 9.41. The zero-order chi connectivity index (χ0) is 12.8. The molecular weight excluding hydrogens is 224 g/mol. The molecule has 0 spiro atoms. The van der Waals surface area contributed by atoms with Gasteiger partial charge in [0.1, 0.15) is 0 Å². The minimum atomic E-state index is -1.26. The van der Waals surface area contributed by atoms with E-state index in [0.717, 1.165) is 0 Å². The van der Waals surface area contributed by atoms with Gasteiger partial charge in [0.25, 0.3) is 0 Å². The summed E-state index contributed by atoms with van der Waals surface area (Å²) < 4.78 is 4.46. The molecule has 0 fully saturated rings. The van der Waals surface area contributed by atoms with Gasteiger partial charge in [-0.1, -0.05) is 18.2 Å². The highest BCUT2D eigenvalue weighted by Crippen LogP contribution is 2.10. The summed E-state index contributed by atoms with van der Waals surface area (Å²) in [5, 5.41) is 8.84. The fourth-order valence-electron chi connectivity index (χ4n) is 1.17. The second-order valence-corrected chi connectivity index (χ2v) is 3.11. The minimum absolute atomic E-state index is 0.110. The maximum atomic E-state index is 11.5. The van der Waals surface area contributed by atoms with E-state index in [0.29, 0.717) is 0 Å². The third-order valence-electron chi connectivity index (χ3n) is 1.89. The molecular formula is C12H10O5. The van der Waals surface area contributed by atoms with Crippen LogP contribution < -0.4 is 0 Å². The van der Waals surface area contributed by atoms with E-state index in [-0.39, 0.29) is 17.5 Å². The zero-order valence-electron chi connectivity index (χ0n) is 8.88. The van der Waals surface area contributed by atoms with Gasteiger partial charge in [-0.05, 0) is 12.1 Å². The van der Waals surface area contributed by atoms with Crippen LogP contribution in [0.2, 0.25) is 0 Å². The smallest absolute Gasteiger partial charge is 0.346 e. The predicted molar refractivity (Wildman–Crippen MR) is 58.6 cm³/mol. The fraction of sp³-hybridized carbons (Fsp3) is 0.0833. The average Bonchev–Trinajstić information content (AvgIpc) is 2.29. The van der Waals surface area contributed by atoms with Crippen LogP contribution in [-0.2, 0) is 9.53 Å². The number of aromatic carboxylic acids is 1. The summed E-state index contributed by atoms with van der Waals surface area (Å²) in [6.07, 6.45) is 1.18. The van der Waals surface area contributed by atoms with Gasteiger partial charge in [0.15, 0.2) is 0 Å². The highest BCUT2D eigenvalue weighted by molar-refractivity contribution is 6.05. The van der Waals surface area contributed by atoms with Crippen LogP contribution in [-0.4, -0.2) is 23.0 Å². The van der Waals surface area contributed by atoms with Crippen LogP contribution in [0.1, 0.15) is 27.1 Å². The summed E-state index contributed by atoms with van der Waals surface area (Å²) in [5.74, 6) is -3.01. The lowest BCUT2D eigenvalue weighted by Crippen LogP contribution is -2.15. The molecule has 0 atom stereocenters. The molecule has 0 aliphatic carbocycles. The zero-order valence-corrected chi connectivity index (χ0v) is 8.88. The average molecular weight is 234 g/mol. The SMILES string of the molecule is C=CCC(=O)OC(=O)c1ccccc1C(=O)O. The van der Waals surface area contributed by atoms with E-state index < -0.39 is 17.9 Å². The highest BCUT2D eigenvalue weighted by Gasteiger charge is 2.18. The number of carbonyl (C=O) groups is 3. The quantitative estimate of drug-likeness (QED) is 0.486. The number of benzene rings is 1. The Labute approximate surface area is 97.3 Å². The van der Waals surface area contributed by atoms with E-state index >= 15 is 0 Å². The minimum Gasteiger partial charge on any atom is -0.478 e. The summed E-state index contributed by atoms with van der Waals surface area (Å²) in [5.41, 5.74) is -0.360. The van der Waals surface area contributed by atoms with Gasteiger partial charge in [-0.3, -0.25) is 4.79 Å². The molecule has 0 unspecified atom stereocenters. The molecule has 1 N–H and O–H groups in total. The van der Waals surface area contributed by atoms with Crippen molar-refractivity contribution in [2.45, 2.75) is 6.42 Å². The van der Waals surface area contributed by atoms with Crippen molar-refractivity contribution in [1.82, 2.24) is 0 Å². The molecule has 0 aliphatic heterocycles. The lowest BCUT2D eigenvalue weighted by molar-refractivity contribution is -0.136. The van der Waals surface area contributed by atoms with E-state index in [9.17, 15) is 14.4 Å². The maximum Gasteiger partial charge on any atom is 0.346 e. The third kappa shape index (κ3) is 3.27. The van der Waals surface area contributed by atoms with Crippen LogP contribution in [0.15, 0.2) is 36.9 Å². The van der Waals surface area contributed by atoms with Gasteiger partial charge in [-0.2, -0.15) is 0 Å². The van der Waals surface area contributed by atoms with Gasteiger partial charge >= 0.3 is 17.9 Å². The Hall–Kier alpha value is -2.43. The van der Waals surface area contributed by atoms with Crippen LogP contribution in [0, 0.1) is 0 Å². The Morgan fingerprint density at radius 3 is 2.35 bits per heavy atom. The molecule has 5 nitrogen and oxygen atoms in total. The Bertz CT molecular complexity index is 476. The van der Waals surface area contributed by atoms with Gasteiger partial charge in [-0.25, -0.2) is 9.59 Å². The van der Waals surface area contributed by atoms with Crippen molar-refractivity contribution in [3.05, 3.63) is 48.0 Å². The Morgan fingerprint density at radius 2 is 1.82 bits per heavy atom. The number of carbonyl (C=O) groups excluding carboxylic acids is 2. The molecule has 0 amide bonds. The first-order valence-electron chi connectivity index (χ1n) is 4.74. The van der Waals surface area contributed by atoms with Crippen molar-refractivity contribution in [2.24, 2.45) is 0 Å². The number of hydrogen-bond acceptors (Lipinski definition) is 4. The highest BCUT2D eigenvalue weighted by atomic mass is 16.6. The van der Waals surface area contributed by atoms with Gasteiger partial charge in [0.05, 0.1) is 17.5 Å². The maximum absolute atomic E-state index is 11.5. The van der Waals surface area contributed by atoms with Crippen LogP contribution in [0.5, 0.6) is 0 Å². The molecule has 88 valence electrons.